The van der Waals surface area contributed by atoms with Crippen molar-refractivity contribution in [3.05, 3.63) is 24.3 Å². The second-order valence-electron chi connectivity index (χ2n) is 15.3. The third-order valence-electron chi connectivity index (χ3n) is 10.3. The van der Waals surface area contributed by atoms with Gasteiger partial charge in [-0.25, -0.2) is 0 Å². The molecule has 0 saturated heterocycles. The second-order valence-corrected chi connectivity index (χ2v) is 15.3. The largest absolute Gasteiger partial charge is 0.394 e. The van der Waals surface area contributed by atoms with Crippen molar-refractivity contribution in [1.29, 1.82) is 0 Å². The predicted molar refractivity (Wildman–Crippen MR) is 218 cm³/mol. The first-order valence-corrected chi connectivity index (χ1v) is 22.1. The van der Waals surface area contributed by atoms with Crippen LogP contribution >= 0.6 is 0 Å². The van der Waals surface area contributed by atoms with Gasteiger partial charge in [-0.1, -0.05) is 205 Å². The Bertz CT molecular complexity index is 739. The van der Waals surface area contributed by atoms with Crippen LogP contribution in [0.4, 0.5) is 0 Å². The Balaban J connectivity index is 3.63. The standard InChI is InChI=1S/C45H87NO4/c1-3-5-7-9-11-13-15-17-18-19-20-21-22-23-24-25-26-28-30-32-34-36-38-40-44(49)46-42(41-47)45(50)43(48)39-37-35-33-31-29-27-16-14-12-10-8-6-4-2/h20-21,23-24,42-43,45,47-48,50H,3-19,22,25-41H2,1-2H3,(H,46,49)/b21-20-,24-23-. The van der Waals surface area contributed by atoms with E-state index in [1.54, 1.807) is 0 Å². The Morgan fingerprint density at radius 2 is 0.860 bits per heavy atom. The molecule has 0 rings (SSSR count). The Morgan fingerprint density at radius 1 is 0.500 bits per heavy atom. The molecule has 4 N–H and O–H groups in total. The van der Waals surface area contributed by atoms with E-state index in [2.05, 4.69) is 43.5 Å². The zero-order valence-corrected chi connectivity index (χ0v) is 33.5. The van der Waals surface area contributed by atoms with E-state index >= 15 is 0 Å². The summed E-state index contributed by atoms with van der Waals surface area (Å²) in [6.45, 7) is 4.17. The van der Waals surface area contributed by atoms with Crippen LogP contribution in [0.2, 0.25) is 0 Å². The summed E-state index contributed by atoms with van der Waals surface area (Å²) in [5, 5.41) is 33.5. The number of carbonyl (C=O) groups excluding carboxylic acids is 1. The van der Waals surface area contributed by atoms with E-state index in [1.165, 1.54) is 154 Å². The molecule has 0 saturated carbocycles. The van der Waals surface area contributed by atoms with Crippen molar-refractivity contribution in [3.8, 4) is 0 Å². The summed E-state index contributed by atoms with van der Waals surface area (Å²) in [6.07, 6.45) is 48.5. The maximum Gasteiger partial charge on any atom is 0.220 e. The molecule has 0 bridgehead atoms. The van der Waals surface area contributed by atoms with Gasteiger partial charge in [0, 0.05) is 6.42 Å². The molecule has 0 heterocycles. The van der Waals surface area contributed by atoms with Crippen LogP contribution in [0.3, 0.4) is 0 Å². The van der Waals surface area contributed by atoms with Crippen LogP contribution in [-0.2, 0) is 4.79 Å². The lowest BCUT2D eigenvalue weighted by Crippen LogP contribution is -2.50. The average molecular weight is 706 g/mol. The summed E-state index contributed by atoms with van der Waals surface area (Å²) < 4.78 is 0. The minimum absolute atomic E-state index is 0.151. The number of carbonyl (C=O) groups is 1. The van der Waals surface area contributed by atoms with Crippen LogP contribution in [0.15, 0.2) is 24.3 Å². The highest BCUT2D eigenvalue weighted by Gasteiger charge is 2.26. The summed E-state index contributed by atoms with van der Waals surface area (Å²) in [5.41, 5.74) is 0. The van der Waals surface area contributed by atoms with Crippen LogP contribution in [0.1, 0.15) is 232 Å². The molecule has 5 heteroatoms. The molecule has 3 unspecified atom stereocenters. The maximum atomic E-state index is 12.4. The van der Waals surface area contributed by atoms with E-state index in [1.807, 2.05) is 0 Å². The summed E-state index contributed by atoms with van der Waals surface area (Å²) in [7, 11) is 0. The van der Waals surface area contributed by atoms with Gasteiger partial charge in [0.1, 0.15) is 6.10 Å². The first-order chi connectivity index (χ1) is 24.6. The molecule has 5 nitrogen and oxygen atoms in total. The average Bonchev–Trinajstić information content (AvgIpc) is 3.12. The lowest BCUT2D eigenvalue weighted by molar-refractivity contribution is -0.124. The third-order valence-corrected chi connectivity index (χ3v) is 10.3. The van der Waals surface area contributed by atoms with Gasteiger partial charge in [-0.05, 0) is 44.9 Å². The Kier molecular flexibility index (Phi) is 39.6. The molecule has 0 spiro atoms. The zero-order valence-electron chi connectivity index (χ0n) is 33.5. The van der Waals surface area contributed by atoms with Gasteiger partial charge in [0.25, 0.3) is 0 Å². The lowest BCUT2D eigenvalue weighted by Gasteiger charge is -2.26. The van der Waals surface area contributed by atoms with E-state index < -0.39 is 18.2 Å². The van der Waals surface area contributed by atoms with Crippen molar-refractivity contribution in [3.63, 3.8) is 0 Å². The monoisotopic (exact) mass is 706 g/mol. The van der Waals surface area contributed by atoms with Crippen molar-refractivity contribution in [1.82, 2.24) is 5.32 Å². The molecule has 0 aliphatic rings. The number of nitrogens with one attached hydrogen (secondary N) is 1. The molecule has 0 fully saturated rings. The van der Waals surface area contributed by atoms with Gasteiger partial charge >= 0.3 is 0 Å². The minimum atomic E-state index is -1.14. The number of allylic oxidation sites excluding steroid dienone is 4. The van der Waals surface area contributed by atoms with Gasteiger partial charge < -0.3 is 20.6 Å². The van der Waals surface area contributed by atoms with E-state index in [0.29, 0.717) is 12.8 Å². The minimum Gasteiger partial charge on any atom is -0.394 e. The third kappa shape index (κ3) is 35.2. The second kappa shape index (κ2) is 40.6. The molecule has 0 aliphatic heterocycles. The van der Waals surface area contributed by atoms with Crippen LogP contribution in [-0.4, -0.2) is 46.1 Å². The van der Waals surface area contributed by atoms with Gasteiger partial charge in [-0.15, -0.1) is 0 Å². The summed E-state index contributed by atoms with van der Waals surface area (Å²) in [5.74, 6) is -0.151. The molecular formula is C45H87NO4. The van der Waals surface area contributed by atoms with Crippen LogP contribution in [0.5, 0.6) is 0 Å². The summed E-state index contributed by atoms with van der Waals surface area (Å²) in [4.78, 5) is 12.4. The first kappa shape index (κ1) is 48.8. The molecule has 0 aromatic rings. The highest BCUT2D eigenvalue weighted by molar-refractivity contribution is 5.76. The molecule has 296 valence electrons. The fourth-order valence-corrected chi connectivity index (χ4v) is 6.84. The zero-order chi connectivity index (χ0) is 36.6. The topological polar surface area (TPSA) is 89.8 Å². The van der Waals surface area contributed by atoms with E-state index in [4.69, 9.17) is 0 Å². The van der Waals surface area contributed by atoms with Crippen molar-refractivity contribution in [2.45, 2.75) is 250 Å². The number of aliphatic hydroxyl groups is 3. The molecule has 3 atom stereocenters. The van der Waals surface area contributed by atoms with Gasteiger partial charge in [-0.3, -0.25) is 4.79 Å². The van der Waals surface area contributed by atoms with E-state index in [0.717, 1.165) is 51.4 Å². The Hall–Kier alpha value is -1.17. The molecular weight excluding hydrogens is 618 g/mol. The van der Waals surface area contributed by atoms with Gasteiger partial charge in [-0.2, -0.15) is 0 Å². The number of amides is 1. The van der Waals surface area contributed by atoms with E-state index in [9.17, 15) is 20.1 Å². The highest BCUT2D eigenvalue weighted by atomic mass is 16.3. The number of hydrogen-bond acceptors (Lipinski definition) is 4. The number of rotatable bonds is 40. The molecule has 0 radical (unpaired) electrons. The van der Waals surface area contributed by atoms with Crippen LogP contribution in [0, 0.1) is 0 Å². The van der Waals surface area contributed by atoms with Gasteiger partial charge in [0.15, 0.2) is 0 Å². The quantitative estimate of drug-likeness (QED) is 0.0377. The highest BCUT2D eigenvalue weighted by Crippen LogP contribution is 2.16. The van der Waals surface area contributed by atoms with Crippen LogP contribution < -0.4 is 5.32 Å². The molecule has 0 aromatic carbocycles. The maximum absolute atomic E-state index is 12.4. The molecule has 0 aliphatic carbocycles. The Labute approximate surface area is 312 Å². The number of unbranched alkanes of at least 4 members (excludes halogenated alkanes) is 28. The molecule has 50 heavy (non-hydrogen) atoms. The summed E-state index contributed by atoms with van der Waals surface area (Å²) >= 11 is 0. The SMILES string of the molecule is CCCCCCCCCCC/C=C\C/C=C\CCCCCCCCCC(=O)NC(CO)C(O)C(O)CCCCCCCCCCCCCCC. The normalized spacial score (nSPS) is 13.8. The molecule has 0 aromatic heterocycles. The lowest BCUT2D eigenvalue weighted by atomic mass is 9.99. The van der Waals surface area contributed by atoms with Crippen LogP contribution in [0.25, 0.3) is 0 Å². The van der Waals surface area contributed by atoms with E-state index in [-0.39, 0.29) is 12.5 Å². The number of hydrogen-bond donors (Lipinski definition) is 4. The van der Waals surface area contributed by atoms with Crippen molar-refractivity contribution in [2.75, 3.05) is 6.61 Å². The van der Waals surface area contributed by atoms with Gasteiger partial charge in [0.05, 0.1) is 18.8 Å². The van der Waals surface area contributed by atoms with Crippen molar-refractivity contribution in [2.24, 2.45) is 0 Å². The van der Waals surface area contributed by atoms with Crippen molar-refractivity contribution >= 4 is 5.91 Å². The fraction of sp³-hybridized carbons (Fsp3) is 0.889. The molecule has 1 amide bonds. The van der Waals surface area contributed by atoms with Crippen molar-refractivity contribution < 1.29 is 20.1 Å². The number of aliphatic hydroxyl groups excluding tert-OH is 3. The Morgan fingerprint density at radius 3 is 1.26 bits per heavy atom. The first-order valence-electron chi connectivity index (χ1n) is 22.1. The fourth-order valence-electron chi connectivity index (χ4n) is 6.84. The summed E-state index contributed by atoms with van der Waals surface area (Å²) in [6, 6.07) is -0.811. The smallest absolute Gasteiger partial charge is 0.220 e. The predicted octanol–water partition coefficient (Wildman–Crippen LogP) is 12.6. The van der Waals surface area contributed by atoms with Gasteiger partial charge in [0.2, 0.25) is 5.91 Å².